The summed E-state index contributed by atoms with van der Waals surface area (Å²) in [5.41, 5.74) is 2.92. The Morgan fingerprint density at radius 1 is 0.933 bits per heavy atom. The van der Waals surface area contributed by atoms with E-state index in [1.54, 1.807) is 54.6 Å². The molecule has 1 aliphatic rings. The van der Waals surface area contributed by atoms with Crippen molar-refractivity contribution < 1.29 is 18.0 Å². The summed E-state index contributed by atoms with van der Waals surface area (Å²) >= 11 is 12.7. The molecule has 0 heterocycles. The minimum Gasteiger partial charge on any atom is -0.352 e. The average molecular weight is 673 g/mol. The fraction of sp³-hybridized carbons (Fsp3) is 0.429. The molecule has 10 heteroatoms. The Balaban J connectivity index is 1.74. The maximum absolute atomic E-state index is 14.4. The molecule has 7 nitrogen and oxygen atoms in total. The Morgan fingerprint density at radius 2 is 1.58 bits per heavy atom. The number of benzene rings is 3. The zero-order valence-electron chi connectivity index (χ0n) is 26.4. The van der Waals surface area contributed by atoms with Crippen molar-refractivity contribution in [1.82, 2.24) is 10.2 Å². The summed E-state index contributed by atoms with van der Waals surface area (Å²) in [6.07, 6.45) is 5.37. The van der Waals surface area contributed by atoms with Crippen LogP contribution >= 0.6 is 23.2 Å². The van der Waals surface area contributed by atoms with Gasteiger partial charge in [-0.3, -0.25) is 13.9 Å². The van der Waals surface area contributed by atoms with Crippen molar-refractivity contribution >= 4 is 50.7 Å². The molecule has 1 aliphatic carbocycles. The Kier molecular flexibility index (Phi) is 12.0. The smallest absolute Gasteiger partial charge is 0.264 e. The quantitative estimate of drug-likeness (QED) is 0.212. The van der Waals surface area contributed by atoms with Crippen LogP contribution in [0.2, 0.25) is 10.0 Å². The van der Waals surface area contributed by atoms with Gasteiger partial charge >= 0.3 is 0 Å². The molecule has 1 N–H and O–H groups in total. The summed E-state index contributed by atoms with van der Waals surface area (Å²) in [5.74, 6) is -0.525. The molecule has 0 saturated heterocycles. The SMILES string of the molecule is CC[C@@H](C(=O)NC1CCCCC1)N(Cc1ccc(Cl)cc1Cl)C(=O)CN(c1ccc(C(C)C)cc1)S(=O)(=O)c1ccc(C)cc1. The predicted octanol–water partition coefficient (Wildman–Crippen LogP) is 7.88. The summed E-state index contributed by atoms with van der Waals surface area (Å²) in [5, 5.41) is 3.96. The van der Waals surface area contributed by atoms with Crippen LogP contribution in [-0.4, -0.2) is 43.8 Å². The number of sulfonamides is 1. The van der Waals surface area contributed by atoms with Gasteiger partial charge in [0.25, 0.3) is 10.0 Å². The van der Waals surface area contributed by atoms with Crippen LogP contribution in [0.5, 0.6) is 0 Å². The zero-order chi connectivity index (χ0) is 32.7. The lowest BCUT2D eigenvalue weighted by atomic mass is 9.95. The molecule has 0 unspecified atom stereocenters. The van der Waals surface area contributed by atoms with Gasteiger partial charge in [0.15, 0.2) is 0 Å². The number of nitrogens with zero attached hydrogens (tertiary/aromatic N) is 2. The van der Waals surface area contributed by atoms with Gasteiger partial charge in [0, 0.05) is 22.6 Å². The molecule has 3 aromatic carbocycles. The standard InChI is InChI=1S/C35H43Cl2N3O4S/c1-5-33(35(42)38-29-9-7-6-8-10-29)39(22-27-13-16-28(36)21-32(27)37)34(41)23-40(30-17-14-26(15-18-30)24(2)3)45(43,44)31-19-11-25(4)12-20-31/h11-21,24,29,33H,5-10,22-23H2,1-4H3,(H,38,42)/t33-/m0/s1. The molecule has 0 bridgehead atoms. The van der Waals surface area contributed by atoms with E-state index >= 15 is 0 Å². The molecular weight excluding hydrogens is 629 g/mol. The van der Waals surface area contributed by atoms with Crippen molar-refractivity contribution in [2.75, 3.05) is 10.8 Å². The average Bonchev–Trinajstić information content (AvgIpc) is 3.01. The number of carbonyl (C=O) groups is 2. The van der Waals surface area contributed by atoms with Gasteiger partial charge in [-0.25, -0.2) is 8.42 Å². The Bertz CT molecular complexity index is 1570. The van der Waals surface area contributed by atoms with Crippen LogP contribution < -0.4 is 9.62 Å². The number of aryl methyl sites for hydroxylation is 1. The highest BCUT2D eigenvalue weighted by Gasteiger charge is 2.34. The van der Waals surface area contributed by atoms with Gasteiger partial charge < -0.3 is 10.2 Å². The number of anilines is 1. The van der Waals surface area contributed by atoms with Gasteiger partial charge in [0.1, 0.15) is 12.6 Å². The Labute approximate surface area is 278 Å². The van der Waals surface area contributed by atoms with E-state index in [1.807, 2.05) is 26.0 Å². The van der Waals surface area contributed by atoms with Crippen molar-refractivity contribution in [2.45, 2.75) is 95.7 Å². The second-order valence-electron chi connectivity index (χ2n) is 12.1. The number of hydrogen-bond acceptors (Lipinski definition) is 4. The fourth-order valence-electron chi connectivity index (χ4n) is 5.69. The first kappa shape index (κ1) is 34.8. The number of nitrogens with one attached hydrogen (secondary N) is 1. The van der Waals surface area contributed by atoms with E-state index in [2.05, 4.69) is 19.2 Å². The summed E-state index contributed by atoms with van der Waals surface area (Å²) in [6, 6.07) is 18.0. The molecule has 2 amide bonds. The molecule has 3 aromatic rings. The van der Waals surface area contributed by atoms with Gasteiger partial charge in [0.2, 0.25) is 11.8 Å². The molecule has 4 rings (SSSR count). The van der Waals surface area contributed by atoms with Gasteiger partial charge in [-0.05, 0) is 79.6 Å². The Morgan fingerprint density at radius 3 is 2.16 bits per heavy atom. The van der Waals surface area contributed by atoms with E-state index in [1.165, 1.54) is 4.90 Å². The van der Waals surface area contributed by atoms with Crippen molar-refractivity contribution in [3.8, 4) is 0 Å². The van der Waals surface area contributed by atoms with E-state index in [0.29, 0.717) is 27.7 Å². The highest BCUT2D eigenvalue weighted by Crippen LogP contribution is 2.28. The third-order valence-corrected chi connectivity index (χ3v) is 10.8. The molecule has 1 saturated carbocycles. The maximum Gasteiger partial charge on any atom is 0.264 e. The number of rotatable bonds is 12. The topological polar surface area (TPSA) is 86.8 Å². The molecule has 45 heavy (non-hydrogen) atoms. The van der Waals surface area contributed by atoms with Crippen LogP contribution in [0.25, 0.3) is 0 Å². The molecule has 0 spiro atoms. The molecule has 1 atom stereocenters. The number of carbonyl (C=O) groups excluding carboxylic acids is 2. The molecule has 1 fully saturated rings. The normalized spacial score (nSPS) is 14.6. The minimum absolute atomic E-state index is 0.0101. The lowest BCUT2D eigenvalue weighted by molar-refractivity contribution is -0.140. The van der Waals surface area contributed by atoms with Crippen LogP contribution in [-0.2, 0) is 26.2 Å². The van der Waals surface area contributed by atoms with Crippen molar-refractivity contribution in [3.63, 3.8) is 0 Å². The summed E-state index contributed by atoms with van der Waals surface area (Å²) in [6.45, 7) is 7.35. The van der Waals surface area contributed by atoms with Crippen molar-refractivity contribution in [2.24, 2.45) is 0 Å². The van der Waals surface area contributed by atoms with E-state index < -0.39 is 28.5 Å². The number of hydrogen-bond donors (Lipinski definition) is 1. The summed E-state index contributed by atoms with van der Waals surface area (Å²) in [4.78, 5) is 29.6. The number of halogens is 2. The minimum atomic E-state index is -4.15. The Hall–Kier alpha value is -3.07. The van der Waals surface area contributed by atoms with E-state index in [-0.39, 0.29) is 29.3 Å². The first-order chi connectivity index (χ1) is 21.4. The highest BCUT2D eigenvalue weighted by atomic mass is 35.5. The number of amides is 2. The van der Waals surface area contributed by atoms with Crippen LogP contribution in [0.1, 0.15) is 81.9 Å². The second kappa shape index (κ2) is 15.5. The first-order valence-corrected chi connectivity index (χ1v) is 17.8. The van der Waals surface area contributed by atoms with Crippen LogP contribution in [0, 0.1) is 6.92 Å². The van der Waals surface area contributed by atoms with Gasteiger partial charge in [0.05, 0.1) is 10.6 Å². The largest absolute Gasteiger partial charge is 0.352 e. The summed E-state index contributed by atoms with van der Waals surface area (Å²) in [7, 11) is -4.15. The van der Waals surface area contributed by atoms with E-state index in [0.717, 1.165) is 47.5 Å². The third-order valence-electron chi connectivity index (χ3n) is 8.43. The van der Waals surface area contributed by atoms with E-state index in [9.17, 15) is 18.0 Å². The van der Waals surface area contributed by atoms with Gasteiger partial charge in [-0.15, -0.1) is 0 Å². The molecular formula is C35H43Cl2N3O4S. The zero-order valence-corrected chi connectivity index (χ0v) is 28.8. The van der Waals surface area contributed by atoms with Crippen molar-refractivity contribution in [1.29, 1.82) is 0 Å². The van der Waals surface area contributed by atoms with Crippen LogP contribution in [0.4, 0.5) is 5.69 Å². The molecule has 0 aromatic heterocycles. The third kappa shape index (κ3) is 8.81. The van der Waals surface area contributed by atoms with E-state index in [4.69, 9.17) is 23.2 Å². The lowest BCUT2D eigenvalue weighted by Crippen LogP contribution is -2.54. The van der Waals surface area contributed by atoms with Crippen LogP contribution in [0.15, 0.2) is 71.6 Å². The van der Waals surface area contributed by atoms with Crippen molar-refractivity contribution in [3.05, 3.63) is 93.5 Å². The first-order valence-electron chi connectivity index (χ1n) is 15.6. The van der Waals surface area contributed by atoms with Gasteiger partial charge in [-0.2, -0.15) is 0 Å². The molecule has 0 aliphatic heterocycles. The molecule has 0 radical (unpaired) electrons. The van der Waals surface area contributed by atoms with Crippen LogP contribution in [0.3, 0.4) is 0 Å². The lowest BCUT2D eigenvalue weighted by Gasteiger charge is -2.34. The summed E-state index contributed by atoms with van der Waals surface area (Å²) < 4.78 is 29.4. The van der Waals surface area contributed by atoms with Gasteiger partial charge in [-0.1, -0.05) is 99.1 Å². The monoisotopic (exact) mass is 671 g/mol. The highest BCUT2D eigenvalue weighted by molar-refractivity contribution is 7.92. The maximum atomic E-state index is 14.4. The fourth-order valence-corrected chi connectivity index (χ4v) is 7.57. The second-order valence-corrected chi connectivity index (χ2v) is 14.8. The predicted molar refractivity (Wildman–Crippen MR) is 182 cm³/mol. The molecule has 242 valence electrons.